The van der Waals surface area contributed by atoms with Crippen LogP contribution in [-0.4, -0.2) is 0 Å². The molecule has 0 amide bonds. The summed E-state index contributed by atoms with van der Waals surface area (Å²) in [7, 11) is 0. The Morgan fingerprint density at radius 1 is 0.220 bits per heavy atom. The lowest BCUT2D eigenvalue weighted by molar-refractivity contribution is 0.875. The van der Waals surface area contributed by atoms with Crippen molar-refractivity contribution >= 4 is 142 Å². The lowest BCUT2D eigenvalue weighted by Gasteiger charge is -2.33. The van der Waals surface area contributed by atoms with E-state index in [1.807, 2.05) is 6.07 Å². The van der Waals surface area contributed by atoms with E-state index in [0.717, 1.165) is 11.4 Å². The van der Waals surface area contributed by atoms with Gasteiger partial charge in [0.2, 0.25) is 0 Å². The Balaban J connectivity index is 0.000000169. The van der Waals surface area contributed by atoms with Crippen LogP contribution in [0, 0.1) is 41.5 Å². The SMILES string of the molecule is CC(C)c1cc(Br)c2ccc3c(C(C)C)cc(Br)c4ccc1c2c43.Cc1ccccc1N(c1cc(-c2ccccc2)ccc1C)c1cc(C(C)C)c2ccc3c(N(c4ccccc4C)c4cc(-c5ccccc5)ccc4C)cc(C(C)C)c4ccc1c2c43.Cc1ccccc1Nc1cc(-c2ccccc2)ccc1C. The third kappa shape index (κ3) is 14.2. The van der Waals surface area contributed by atoms with Crippen LogP contribution in [0.1, 0.15) is 135 Å². The minimum absolute atomic E-state index is 0.287. The van der Waals surface area contributed by atoms with Crippen molar-refractivity contribution in [3.63, 3.8) is 0 Å². The first-order valence-electron chi connectivity index (χ1n) is 38.6. The summed E-state index contributed by atoms with van der Waals surface area (Å²) in [6, 6.07) is 107. The molecule has 0 atom stereocenters. The van der Waals surface area contributed by atoms with Crippen LogP contribution in [0.4, 0.5) is 45.5 Å². The van der Waals surface area contributed by atoms with Crippen LogP contribution in [0.3, 0.4) is 0 Å². The van der Waals surface area contributed by atoms with Crippen molar-refractivity contribution in [2.24, 2.45) is 0 Å². The van der Waals surface area contributed by atoms with E-state index < -0.39 is 0 Å². The number of rotatable bonds is 15. The highest BCUT2D eigenvalue weighted by Gasteiger charge is 2.29. The maximum atomic E-state index is 3.81. The van der Waals surface area contributed by atoms with Crippen LogP contribution in [0.25, 0.3) is 98.0 Å². The summed E-state index contributed by atoms with van der Waals surface area (Å²) in [5.74, 6) is 1.57. The van der Waals surface area contributed by atoms with E-state index in [-0.39, 0.29) is 11.8 Å². The summed E-state index contributed by atoms with van der Waals surface area (Å²) in [4.78, 5) is 5.11. The molecule has 17 rings (SSSR count). The highest BCUT2D eigenvalue weighted by molar-refractivity contribution is 9.11. The first kappa shape index (κ1) is 73.7. The molecule has 3 nitrogen and oxygen atoms in total. The third-order valence-electron chi connectivity index (χ3n) is 22.3. The molecule has 540 valence electrons. The standard InChI is InChI=1S/C62H56N2.C22H20Br2.C20H19N/c1-39(2)53-37-59(63(55-25-17-15-19-41(55)5)57-35-47(29-27-43(57)7)45-21-11-9-12-22-45)51-34-32-50-54(40(3)4)38-60(52-33-31-49(53)61(51)62(50)52)64(56-26-18-16-20-42(56)6)58-36-48(30-28-44(58)8)46-23-13-10-14-24-46;1-11(2)17-9-19(23)15-8-6-14-18(12(3)4)10-20(24)16-7-5-13(17)21(15)22(14)16;1-15-8-6-7-11-19(15)21-20-14-18(13-12-16(20)2)17-9-4-3-5-10-17/h9-40H,1-8H3;5-12H,1-4H3;3-14,21H,1-2H3. The number of halogens is 2. The molecule has 0 radical (unpaired) electrons. The molecule has 0 unspecified atom stereocenters. The molecule has 0 aliphatic heterocycles. The number of nitrogens with one attached hydrogen (secondary N) is 1. The van der Waals surface area contributed by atoms with Gasteiger partial charge in [-0.25, -0.2) is 0 Å². The highest BCUT2D eigenvalue weighted by atomic mass is 79.9. The predicted octanol–water partition coefficient (Wildman–Crippen LogP) is 32.4. The van der Waals surface area contributed by atoms with Gasteiger partial charge in [-0.3, -0.25) is 0 Å². The molecule has 0 aliphatic carbocycles. The molecular weight excluding hydrogens is 1450 g/mol. The fourth-order valence-corrected chi connectivity index (χ4v) is 17.6. The van der Waals surface area contributed by atoms with Crippen LogP contribution in [0.15, 0.2) is 300 Å². The third-order valence-corrected chi connectivity index (χ3v) is 23.6. The highest BCUT2D eigenvalue weighted by Crippen LogP contribution is 2.54. The molecule has 17 aromatic rings. The number of benzene rings is 17. The van der Waals surface area contributed by atoms with Crippen molar-refractivity contribution in [2.75, 3.05) is 15.1 Å². The van der Waals surface area contributed by atoms with Gasteiger partial charge in [-0.15, -0.1) is 0 Å². The Hall–Kier alpha value is -10.8. The van der Waals surface area contributed by atoms with Gasteiger partial charge in [-0.1, -0.05) is 318 Å². The summed E-state index contributed by atoms with van der Waals surface area (Å²) < 4.78 is 2.39. The summed E-state index contributed by atoms with van der Waals surface area (Å²) in [6.07, 6.45) is 0. The second-order valence-corrected chi connectivity index (χ2v) is 32.6. The van der Waals surface area contributed by atoms with Crippen molar-refractivity contribution in [3.05, 3.63) is 356 Å². The fourth-order valence-electron chi connectivity index (χ4n) is 16.4. The Bertz CT molecular complexity index is 5880. The topological polar surface area (TPSA) is 18.5 Å². The van der Waals surface area contributed by atoms with Gasteiger partial charge < -0.3 is 15.1 Å². The van der Waals surface area contributed by atoms with Crippen molar-refractivity contribution in [1.29, 1.82) is 0 Å². The molecule has 5 heteroatoms. The minimum atomic E-state index is 0.287. The van der Waals surface area contributed by atoms with Crippen LogP contribution in [0.2, 0.25) is 0 Å². The molecule has 17 aromatic carbocycles. The molecule has 0 saturated heterocycles. The molecular formula is C104H95Br2N3. The maximum Gasteiger partial charge on any atom is 0.0543 e. The number of para-hydroxylation sites is 3. The number of anilines is 8. The van der Waals surface area contributed by atoms with E-state index in [9.17, 15) is 0 Å². The summed E-state index contributed by atoms with van der Waals surface area (Å²) in [5.41, 5.74) is 29.7. The van der Waals surface area contributed by atoms with Crippen molar-refractivity contribution in [1.82, 2.24) is 0 Å². The largest absolute Gasteiger partial charge is 0.355 e. The van der Waals surface area contributed by atoms with Crippen molar-refractivity contribution < 1.29 is 0 Å². The van der Waals surface area contributed by atoms with Gasteiger partial charge in [0.05, 0.1) is 11.4 Å². The molecule has 0 saturated carbocycles. The first-order valence-corrected chi connectivity index (χ1v) is 40.2. The molecule has 0 heterocycles. The van der Waals surface area contributed by atoms with E-state index in [2.05, 4.69) is 429 Å². The Kier molecular flexibility index (Phi) is 21.0. The van der Waals surface area contributed by atoms with Gasteiger partial charge >= 0.3 is 0 Å². The molecule has 0 spiro atoms. The van der Waals surface area contributed by atoms with Gasteiger partial charge in [0, 0.05) is 53.8 Å². The molecule has 109 heavy (non-hydrogen) atoms. The Labute approximate surface area is 661 Å². The number of hydrogen-bond acceptors (Lipinski definition) is 3. The summed E-state index contributed by atoms with van der Waals surface area (Å²) in [5, 5.41) is 19.5. The summed E-state index contributed by atoms with van der Waals surface area (Å²) in [6.45, 7) is 31.7. The number of aryl methyl sites for hydroxylation is 6. The average molecular weight is 1550 g/mol. The second kappa shape index (κ2) is 31.0. The van der Waals surface area contributed by atoms with Crippen molar-refractivity contribution in [2.45, 2.75) is 121 Å². The van der Waals surface area contributed by atoms with E-state index >= 15 is 0 Å². The van der Waals surface area contributed by atoms with Gasteiger partial charge in [0.1, 0.15) is 0 Å². The monoisotopic (exact) mass is 1540 g/mol. The lowest BCUT2D eigenvalue weighted by Crippen LogP contribution is -2.15. The normalized spacial score (nSPS) is 11.6. The zero-order chi connectivity index (χ0) is 76.1. The zero-order valence-corrected chi connectivity index (χ0v) is 68.3. The minimum Gasteiger partial charge on any atom is -0.355 e. The van der Waals surface area contributed by atoms with Gasteiger partial charge in [-0.05, 0) is 269 Å². The zero-order valence-electron chi connectivity index (χ0n) is 65.2. The Morgan fingerprint density at radius 2 is 0.505 bits per heavy atom. The predicted molar refractivity (Wildman–Crippen MR) is 482 cm³/mol. The van der Waals surface area contributed by atoms with E-state index in [0.29, 0.717) is 11.8 Å². The van der Waals surface area contributed by atoms with E-state index in [1.54, 1.807) is 0 Å². The smallest absolute Gasteiger partial charge is 0.0543 e. The van der Waals surface area contributed by atoms with Crippen LogP contribution < -0.4 is 15.1 Å². The molecule has 0 aliphatic rings. The fraction of sp³-hybridized carbons (Fsp3) is 0.173. The number of nitrogens with zero attached hydrogens (tertiary/aromatic N) is 2. The van der Waals surface area contributed by atoms with Crippen LogP contribution in [-0.2, 0) is 0 Å². The number of hydrogen-bond donors (Lipinski definition) is 1. The van der Waals surface area contributed by atoms with Gasteiger partial charge in [0.25, 0.3) is 0 Å². The van der Waals surface area contributed by atoms with Gasteiger partial charge in [-0.2, -0.15) is 0 Å². The van der Waals surface area contributed by atoms with Crippen LogP contribution in [0.5, 0.6) is 0 Å². The first-order chi connectivity index (χ1) is 52.7. The lowest BCUT2D eigenvalue weighted by atomic mass is 9.83. The van der Waals surface area contributed by atoms with E-state index in [4.69, 9.17) is 0 Å². The summed E-state index contributed by atoms with van der Waals surface area (Å²) >= 11 is 7.63. The second-order valence-electron chi connectivity index (χ2n) is 30.9. The van der Waals surface area contributed by atoms with Crippen LogP contribution >= 0.6 is 31.9 Å². The quantitative estimate of drug-likeness (QED) is 0.103. The molecule has 0 fully saturated rings. The maximum absolute atomic E-state index is 3.81. The average Bonchev–Trinajstić information content (AvgIpc) is 0.711. The van der Waals surface area contributed by atoms with Gasteiger partial charge in [0.15, 0.2) is 0 Å². The van der Waals surface area contributed by atoms with Crippen molar-refractivity contribution in [3.8, 4) is 33.4 Å². The molecule has 1 N–H and O–H groups in total. The molecule has 0 bridgehead atoms. The van der Waals surface area contributed by atoms with E-state index in [1.165, 1.54) is 197 Å². The molecule has 0 aromatic heterocycles. The Morgan fingerprint density at radius 3 is 0.872 bits per heavy atom.